The van der Waals surface area contributed by atoms with Gasteiger partial charge < -0.3 is 18.0 Å². The molecule has 0 fully saturated rings. The molecule has 1 aliphatic rings. The van der Waals surface area contributed by atoms with E-state index in [1.807, 2.05) is 42.5 Å². The second kappa shape index (κ2) is 13.4. The maximum absolute atomic E-state index is 15.7. The number of furan rings is 2. The lowest BCUT2D eigenvalue weighted by Gasteiger charge is -2.27. The molecule has 0 amide bonds. The first-order valence-electron chi connectivity index (χ1n) is 21.5. The number of para-hydroxylation sites is 4. The van der Waals surface area contributed by atoms with E-state index >= 15 is 8.78 Å². The third kappa shape index (κ3) is 5.12. The summed E-state index contributed by atoms with van der Waals surface area (Å²) in [5.74, 6) is -0.828. The predicted molar refractivity (Wildman–Crippen MR) is 255 cm³/mol. The summed E-state index contributed by atoms with van der Waals surface area (Å²) in [6.45, 7) is 5.15. The lowest BCUT2D eigenvalue weighted by molar-refractivity contribution is 0.434. The molecule has 2 atom stereocenters. The van der Waals surface area contributed by atoms with Crippen molar-refractivity contribution >= 4 is 104 Å². The van der Waals surface area contributed by atoms with Gasteiger partial charge in [-0.05, 0) is 102 Å². The van der Waals surface area contributed by atoms with Crippen LogP contribution in [0.25, 0.3) is 104 Å². The van der Waals surface area contributed by atoms with Crippen molar-refractivity contribution in [3.05, 3.63) is 198 Å². The minimum Gasteiger partial charge on any atom is -0.456 e. The summed E-state index contributed by atoms with van der Waals surface area (Å²) < 4.78 is 48.9. The average Bonchev–Trinajstić information content (AvgIpc) is 4.10. The van der Waals surface area contributed by atoms with Gasteiger partial charge in [-0.15, -0.1) is 0 Å². The molecule has 0 saturated heterocycles. The van der Waals surface area contributed by atoms with E-state index in [2.05, 4.69) is 114 Å². The summed E-state index contributed by atoms with van der Waals surface area (Å²) in [6, 6.07) is 55.9. The highest BCUT2D eigenvalue weighted by molar-refractivity contribution is 6.30. The lowest BCUT2D eigenvalue weighted by atomic mass is 9.81. The van der Waals surface area contributed by atoms with Gasteiger partial charge >= 0.3 is 0 Å². The van der Waals surface area contributed by atoms with Crippen LogP contribution >= 0.6 is 0 Å². The SMILES string of the molecule is CC1=C(c2cccc(F)c2)C(n2c3ccccc3c3c4c(ccc32)oc2ccccc24)=C(c2cccc(F)c2)[C@@H]1[C@@H](C)Cn1c2ccccc2c2c3c(ccc21)oc1ccccc13. The van der Waals surface area contributed by atoms with Gasteiger partial charge in [0, 0.05) is 66.6 Å². The fourth-order valence-electron chi connectivity index (χ4n) is 11.2. The monoisotopic (exact) mass is 820 g/mol. The molecule has 0 N–H and O–H groups in total. The molecule has 0 radical (unpaired) electrons. The highest BCUT2D eigenvalue weighted by Crippen LogP contribution is 2.55. The fraction of sp³-hybridized carbons (Fsp3) is 0.0877. The lowest BCUT2D eigenvalue weighted by Crippen LogP contribution is -2.19. The van der Waals surface area contributed by atoms with Crippen molar-refractivity contribution in [1.29, 1.82) is 0 Å². The summed E-state index contributed by atoms with van der Waals surface area (Å²) in [4.78, 5) is 0. The van der Waals surface area contributed by atoms with E-state index in [1.54, 1.807) is 24.3 Å². The van der Waals surface area contributed by atoms with Gasteiger partial charge in [0.2, 0.25) is 0 Å². The number of hydrogen-bond donors (Lipinski definition) is 0. The first-order chi connectivity index (χ1) is 30.9. The van der Waals surface area contributed by atoms with E-state index in [9.17, 15) is 0 Å². The maximum atomic E-state index is 15.7. The number of hydrogen-bond acceptors (Lipinski definition) is 2. The molecule has 302 valence electrons. The zero-order valence-corrected chi connectivity index (χ0v) is 34.5. The summed E-state index contributed by atoms with van der Waals surface area (Å²) in [5.41, 5.74) is 13.2. The number of benzene rings is 8. The number of halogens is 2. The number of rotatable bonds is 6. The molecule has 13 rings (SSSR count). The molecule has 4 aromatic heterocycles. The van der Waals surface area contributed by atoms with Crippen LogP contribution in [-0.4, -0.2) is 9.13 Å². The Balaban J connectivity index is 1.11. The van der Waals surface area contributed by atoms with Crippen LogP contribution in [0, 0.1) is 23.5 Å². The van der Waals surface area contributed by atoms with Crippen LogP contribution in [0.2, 0.25) is 0 Å². The van der Waals surface area contributed by atoms with Crippen molar-refractivity contribution in [2.24, 2.45) is 11.8 Å². The van der Waals surface area contributed by atoms with E-state index in [1.165, 1.54) is 22.9 Å². The largest absolute Gasteiger partial charge is 0.456 e. The molecule has 8 aromatic carbocycles. The van der Waals surface area contributed by atoms with E-state index in [0.29, 0.717) is 6.54 Å². The van der Waals surface area contributed by atoms with Crippen LogP contribution in [0.1, 0.15) is 25.0 Å². The van der Waals surface area contributed by atoms with Crippen molar-refractivity contribution < 1.29 is 17.6 Å². The Labute approximate surface area is 360 Å². The second-order valence-electron chi connectivity index (χ2n) is 17.1. The van der Waals surface area contributed by atoms with E-state index in [-0.39, 0.29) is 23.5 Å². The molecule has 0 spiro atoms. The Hall–Kier alpha value is -7.70. The smallest absolute Gasteiger partial charge is 0.136 e. The van der Waals surface area contributed by atoms with Gasteiger partial charge in [0.15, 0.2) is 0 Å². The third-order valence-electron chi connectivity index (χ3n) is 13.6. The number of aromatic nitrogens is 2. The molecule has 0 aliphatic heterocycles. The Bertz CT molecular complexity index is 3970. The molecule has 0 unspecified atom stereocenters. The second-order valence-corrected chi connectivity index (χ2v) is 17.1. The normalized spacial score (nSPS) is 15.3. The van der Waals surface area contributed by atoms with Crippen LogP contribution in [-0.2, 0) is 6.54 Å². The van der Waals surface area contributed by atoms with Gasteiger partial charge in [-0.25, -0.2) is 8.78 Å². The minimum atomic E-state index is -0.312. The zero-order valence-electron chi connectivity index (χ0n) is 34.5. The minimum absolute atomic E-state index is 0.0160. The number of nitrogens with zero attached hydrogens (tertiary/aromatic N) is 2. The standard InChI is InChI=1S/C57H38F2N2O2/c1-32(31-60-42-21-7-3-17-38(42)53-44(60)25-27-48-55(53)40-19-5-9-23-46(40)62-48)50-33(2)51(34-13-11-15-36(58)29-34)57(52(50)35-14-12-16-37(59)30-35)61-43-22-8-4-18-39(43)54-45(61)26-28-49-56(54)41-20-6-10-24-47(41)63-49/h3-30,32,50H,31H2,1-2H3/t32-,50+/m0/s1. The average molecular weight is 821 g/mol. The predicted octanol–water partition coefficient (Wildman–Crippen LogP) is 15.8. The quantitative estimate of drug-likeness (QED) is 0.168. The fourth-order valence-corrected chi connectivity index (χ4v) is 11.2. The number of allylic oxidation sites excluding steroid dienone is 4. The summed E-state index contributed by atoms with van der Waals surface area (Å²) in [5, 5.41) is 8.79. The molecule has 0 saturated carbocycles. The van der Waals surface area contributed by atoms with Crippen molar-refractivity contribution in [3.63, 3.8) is 0 Å². The molecule has 6 heteroatoms. The zero-order chi connectivity index (χ0) is 42.1. The van der Waals surface area contributed by atoms with Crippen molar-refractivity contribution in [2.75, 3.05) is 0 Å². The molecule has 12 aromatic rings. The highest BCUT2D eigenvalue weighted by Gasteiger charge is 2.39. The third-order valence-corrected chi connectivity index (χ3v) is 13.6. The Kier molecular flexibility index (Phi) is 7.66. The van der Waals surface area contributed by atoms with Crippen LogP contribution in [0.5, 0.6) is 0 Å². The first kappa shape index (κ1) is 36.0. The van der Waals surface area contributed by atoms with E-state index < -0.39 is 0 Å². The molecule has 4 nitrogen and oxygen atoms in total. The van der Waals surface area contributed by atoms with Crippen LogP contribution in [0.4, 0.5) is 8.78 Å². The van der Waals surface area contributed by atoms with Crippen LogP contribution < -0.4 is 0 Å². The number of fused-ring (bicyclic) bond motifs is 14. The van der Waals surface area contributed by atoms with E-state index in [0.717, 1.165) is 110 Å². The molecule has 0 bridgehead atoms. The van der Waals surface area contributed by atoms with Gasteiger partial charge in [0.25, 0.3) is 0 Å². The van der Waals surface area contributed by atoms with Crippen LogP contribution in [0.3, 0.4) is 0 Å². The molecular weight excluding hydrogens is 783 g/mol. The van der Waals surface area contributed by atoms with Gasteiger partial charge in [-0.2, -0.15) is 0 Å². The van der Waals surface area contributed by atoms with E-state index in [4.69, 9.17) is 8.83 Å². The topological polar surface area (TPSA) is 36.1 Å². The van der Waals surface area contributed by atoms with Crippen molar-refractivity contribution in [2.45, 2.75) is 20.4 Å². The Morgan fingerprint density at radius 1 is 0.492 bits per heavy atom. The Morgan fingerprint density at radius 2 is 1.02 bits per heavy atom. The van der Waals surface area contributed by atoms with Crippen molar-refractivity contribution in [1.82, 2.24) is 9.13 Å². The van der Waals surface area contributed by atoms with Gasteiger partial charge in [0.05, 0.1) is 22.2 Å². The highest BCUT2D eigenvalue weighted by atomic mass is 19.1. The summed E-state index contributed by atoms with van der Waals surface area (Å²) in [7, 11) is 0. The maximum Gasteiger partial charge on any atom is 0.136 e. The molecular formula is C57H38F2N2O2. The van der Waals surface area contributed by atoms with Crippen LogP contribution in [0.15, 0.2) is 184 Å². The Morgan fingerprint density at radius 3 is 1.67 bits per heavy atom. The van der Waals surface area contributed by atoms with Gasteiger partial charge in [-0.1, -0.05) is 110 Å². The summed E-state index contributed by atoms with van der Waals surface area (Å²) >= 11 is 0. The molecule has 63 heavy (non-hydrogen) atoms. The van der Waals surface area contributed by atoms with Gasteiger partial charge in [-0.3, -0.25) is 0 Å². The molecule has 4 heterocycles. The molecule has 1 aliphatic carbocycles. The van der Waals surface area contributed by atoms with Crippen molar-refractivity contribution in [3.8, 4) is 0 Å². The first-order valence-corrected chi connectivity index (χ1v) is 21.5. The van der Waals surface area contributed by atoms with Gasteiger partial charge in [0.1, 0.15) is 34.0 Å². The summed E-state index contributed by atoms with van der Waals surface area (Å²) in [6.07, 6.45) is 0.